The lowest BCUT2D eigenvalue weighted by Gasteiger charge is -2.03. The Morgan fingerprint density at radius 3 is 2.58 bits per heavy atom. The summed E-state index contributed by atoms with van der Waals surface area (Å²) in [7, 11) is 0. The van der Waals surface area contributed by atoms with E-state index in [2.05, 4.69) is 27.6 Å². The lowest BCUT2D eigenvalue weighted by Crippen LogP contribution is -2.23. The second-order valence-corrected chi connectivity index (χ2v) is 5.66. The number of rotatable bonds is 6. The molecule has 6 heteroatoms. The third-order valence-corrected chi connectivity index (χ3v) is 3.84. The predicted molar refractivity (Wildman–Crippen MR) is 90.8 cm³/mol. The van der Waals surface area contributed by atoms with Crippen LogP contribution < -0.4 is 5.32 Å². The average Bonchev–Trinajstić information content (AvgIpc) is 3.07. The quantitative estimate of drug-likeness (QED) is 0.745. The number of aryl methyl sites for hydroxylation is 2. The number of nitrogens with one attached hydrogen (secondary N) is 1. The number of nitrogens with zero attached hydrogens (tertiary/aromatic N) is 2. The summed E-state index contributed by atoms with van der Waals surface area (Å²) >= 11 is 5.99. The predicted octanol–water partition coefficient (Wildman–Crippen LogP) is 3.44. The zero-order chi connectivity index (χ0) is 16.8. The normalized spacial score (nSPS) is 10.5. The molecule has 1 N–H and O–H groups in total. The maximum absolute atomic E-state index is 12.1. The number of aromatic nitrogens is 2. The Bertz CT molecular complexity index is 818. The van der Waals surface area contributed by atoms with Crippen LogP contribution in [0.3, 0.4) is 0 Å². The van der Waals surface area contributed by atoms with Crippen molar-refractivity contribution in [2.45, 2.75) is 19.4 Å². The zero-order valence-electron chi connectivity index (χ0n) is 12.9. The van der Waals surface area contributed by atoms with Crippen LogP contribution in [0.4, 0.5) is 0 Å². The molecule has 5 nitrogen and oxygen atoms in total. The highest BCUT2D eigenvalue weighted by atomic mass is 35.5. The van der Waals surface area contributed by atoms with E-state index in [-0.39, 0.29) is 12.5 Å². The van der Waals surface area contributed by atoms with Gasteiger partial charge in [0.05, 0.1) is 17.1 Å². The van der Waals surface area contributed by atoms with Crippen LogP contribution in [0.5, 0.6) is 0 Å². The molecule has 0 radical (unpaired) electrons. The standard InChI is InChI=1S/C18H16ClN3O2/c19-15-9-5-4-8-14(15)18(23)20-12-16-21-17(24-22-16)11-10-13-6-2-1-3-7-13/h1-9H,10-12H2,(H,20,23). The number of benzene rings is 2. The third-order valence-electron chi connectivity index (χ3n) is 3.51. The Morgan fingerprint density at radius 2 is 1.79 bits per heavy atom. The topological polar surface area (TPSA) is 68.0 Å². The fourth-order valence-electron chi connectivity index (χ4n) is 2.26. The largest absolute Gasteiger partial charge is 0.345 e. The molecule has 0 saturated carbocycles. The van der Waals surface area contributed by atoms with Gasteiger partial charge in [-0.15, -0.1) is 0 Å². The van der Waals surface area contributed by atoms with Crippen molar-refractivity contribution in [3.63, 3.8) is 0 Å². The number of hydrogen-bond donors (Lipinski definition) is 1. The molecule has 0 atom stereocenters. The Labute approximate surface area is 144 Å². The number of halogens is 1. The second-order valence-electron chi connectivity index (χ2n) is 5.25. The van der Waals surface area contributed by atoms with Gasteiger partial charge >= 0.3 is 0 Å². The summed E-state index contributed by atoms with van der Waals surface area (Å²) in [4.78, 5) is 16.4. The molecule has 1 amide bonds. The summed E-state index contributed by atoms with van der Waals surface area (Å²) < 4.78 is 5.21. The molecule has 3 rings (SSSR count). The van der Waals surface area contributed by atoms with Gasteiger partial charge in [0.25, 0.3) is 5.91 Å². The summed E-state index contributed by atoms with van der Waals surface area (Å²) in [5.41, 5.74) is 1.64. The van der Waals surface area contributed by atoms with Crippen molar-refractivity contribution in [3.05, 3.63) is 82.5 Å². The van der Waals surface area contributed by atoms with E-state index < -0.39 is 0 Å². The summed E-state index contributed by atoms with van der Waals surface area (Å²) in [6.07, 6.45) is 1.49. The molecular weight excluding hydrogens is 326 g/mol. The molecule has 0 aliphatic carbocycles. The van der Waals surface area contributed by atoms with Gasteiger partial charge in [-0.1, -0.05) is 59.2 Å². The smallest absolute Gasteiger partial charge is 0.253 e. The van der Waals surface area contributed by atoms with Crippen molar-refractivity contribution in [3.8, 4) is 0 Å². The van der Waals surface area contributed by atoms with E-state index in [1.165, 1.54) is 5.56 Å². The fraction of sp³-hybridized carbons (Fsp3) is 0.167. The highest BCUT2D eigenvalue weighted by molar-refractivity contribution is 6.33. The van der Waals surface area contributed by atoms with E-state index in [1.54, 1.807) is 24.3 Å². The Balaban J connectivity index is 1.53. The van der Waals surface area contributed by atoms with Gasteiger partial charge in [0.1, 0.15) is 0 Å². The third kappa shape index (κ3) is 4.20. The summed E-state index contributed by atoms with van der Waals surface area (Å²) in [5, 5.41) is 7.03. The SMILES string of the molecule is O=C(NCc1noc(CCc2ccccc2)n1)c1ccccc1Cl. The average molecular weight is 342 g/mol. The minimum Gasteiger partial charge on any atom is -0.345 e. The van der Waals surface area contributed by atoms with Crippen LogP contribution >= 0.6 is 11.6 Å². The monoisotopic (exact) mass is 341 g/mol. The van der Waals surface area contributed by atoms with Crippen molar-refractivity contribution in [2.24, 2.45) is 0 Å². The van der Waals surface area contributed by atoms with Gasteiger partial charge in [-0.25, -0.2) is 0 Å². The summed E-state index contributed by atoms with van der Waals surface area (Å²) in [5.74, 6) is 0.732. The van der Waals surface area contributed by atoms with Crippen LogP contribution in [0.25, 0.3) is 0 Å². The van der Waals surface area contributed by atoms with Crippen molar-refractivity contribution in [1.29, 1.82) is 0 Å². The molecule has 3 aromatic rings. The van der Waals surface area contributed by atoms with Gasteiger partial charge in [0, 0.05) is 6.42 Å². The van der Waals surface area contributed by atoms with Crippen molar-refractivity contribution in [1.82, 2.24) is 15.5 Å². The molecule has 0 spiro atoms. The van der Waals surface area contributed by atoms with Gasteiger partial charge in [-0.05, 0) is 24.1 Å². The Kier molecular flexibility index (Phi) is 5.23. The first-order valence-electron chi connectivity index (χ1n) is 7.60. The Morgan fingerprint density at radius 1 is 1.04 bits per heavy atom. The molecule has 1 heterocycles. The number of carbonyl (C=O) groups excluding carboxylic acids is 1. The van der Waals surface area contributed by atoms with Crippen LogP contribution in [-0.4, -0.2) is 16.0 Å². The molecule has 122 valence electrons. The van der Waals surface area contributed by atoms with Gasteiger partial charge in [-0.3, -0.25) is 4.79 Å². The van der Waals surface area contributed by atoms with E-state index in [0.29, 0.717) is 28.7 Å². The minimum atomic E-state index is -0.267. The number of carbonyl (C=O) groups is 1. The lowest BCUT2D eigenvalue weighted by atomic mass is 10.1. The number of amides is 1. The first-order chi connectivity index (χ1) is 11.7. The maximum Gasteiger partial charge on any atom is 0.253 e. The molecule has 2 aromatic carbocycles. The zero-order valence-corrected chi connectivity index (χ0v) is 13.7. The highest BCUT2D eigenvalue weighted by Gasteiger charge is 2.11. The van der Waals surface area contributed by atoms with Crippen molar-refractivity contribution in [2.75, 3.05) is 0 Å². The molecule has 0 unspecified atom stereocenters. The molecule has 0 bridgehead atoms. The van der Waals surface area contributed by atoms with Crippen LogP contribution in [-0.2, 0) is 19.4 Å². The first-order valence-corrected chi connectivity index (χ1v) is 7.98. The molecule has 0 aliphatic heterocycles. The molecule has 1 aromatic heterocycles. The summed E-state index contributed by atoms with van der Waals surface area (Å²) in [6, 6.07) is 17.0. The van der Waals surface area contributed by atoms with E-state index in [1.807, 2.05) is 18.2 Å². The second kappa shape index (κ2) is 7.75. The van der Waals surface area contributed by atoms with E-state index in [0.717, 1.165) is 6.42 Å². The van der Waals surface area contributed by atoms with Crippen molar-refractivity contribution < 1.29 is 9.32 Å². The van der Waals surface area contributed by atoms with E-state index in [4.69, 9.17) is 16.1 Å². The maximum atomic E-state index is 12.1. The van der Waals surface area contributed by atoms with Gasteiger partial charge in [-0.2, -0.15) is 4.98 Å². The molecule has 24 heavy (non-hydrogen) atoms. The number of hydrogen-bond acceptors (Lipinski definition) is 4. The molecule has 0 aliphatic rings. The van der Waals surface area contributed by atoms with Crippen LogP contribution in [0, 0.1) is 0 Å². The van der Waals surface area contributed by atoms with Crippen LogP contribution in [0.15, 0.2) is 59.1 Å². The highest BCUT2D eigenvalue weighted by Crippen LogP contribution is 2.14. The molecule has 0 fully saturated rings. The van der Waals surface area contributed by atoms with Crippen LogP contribution in [0.2, 0.25) is 5.02 Å². The van der Waals surface area contributed by atoms with E-state index in [9.17, 15) is 4.79 Å². The first kappa shape index (κ1) is 16.2. The van der Waals surface area contributed by atoms with Crippen LogP contribution in [0.1, 0.15) is 27.6 Å². The van der Waals surface area contributed by atoms with Gasteiger partial charge < -0.3 is 9.84 Å². The molecule has 0 saturated heterocycles. The van der Waals surface area contributed by atoms with Crippen molar-refractivity contribution >= 4 is 17.5 Å². The molecular formula is C18H16ClN3O2. The summed E-state index contributed by atoms with van der Waals surface area (Å²) in [6.45, 7) is 0.193. The lowest BCUT2D eigenvalue weighted by molar-refractivity contribution is 0.0950. The van der Waals surface area contributed by atoms with Gasteiger partial charge in [0.2, 0.25) is 5.89 Å². The minimum absolute atomic E-state index is 0.193. The van der Waals surface area contributed by atoms with Gasteiger partial charge in [0.15, 0.2) is 5.82 Å². The fourth-order valence-corrected chi connectivity index (χ4v) is 2.48. The van der Waals surface area contributed by atoms with E-state index >= 15 is 0 Å². The Hall–Kier alpha value is -2.66.